The highest BCUT2D eigenvalue weighted by Crippen LogP contribution is 2.27. The van der Waals surface area contributed by atoms with Crippen molar-refractivity contribution >= 4 is 34.9 Å². The minimum atomic E-state index is -0.791. The van der Waals surface area contributed by atoms with Crippen LogP contribution >= 0.6 is 12.4 Å². The number of rotatable bonds is 8. The van der Waals surface area contributed by atoms with Crippen LogP contribution in [0.3, 0.4) is 0 Å². The molecule has 0 aliphatic rings. The van der Waals surface area contributed by atoms with E-state index >= 15 is 0 Å². The highest BCUT2D eigenvalue weighted by atomic mass is 35.5. The molecule has 8 heteroatoms. The topological polar surface area (TPSA) is 107 Å². The summed E-state index contributed by atoms with van der Waals surface area (Å²) >= 11 is 0. The summed E-state index contributed by atoms with van der Waals surface area (Å²) in [4.78, 5) is 29.8. The molecule has 1 amide bonds. The van der Waals surface area contributed by atoms with E-state index < -0.39 is 11.7 Å². The summed E-state index contributed by atoms with van der Waals surface area (Å²) in [5, 5.41) is 3.25. The van der Waals surface area contributed by atoms with Gasteiger partial charge in [-0.2, -0.15) is 0 Å². The van der Waals surface area contributed by atoms with Gasteiger partial charge < -0.3 is 20.2 Å². The maximum Gasteiger partial charge on any atom is 0.347 e. The summed E-state index contributed by atoms with van der Waals surface area (Å²) in [6.45, 7) is 0.480. The van der Waals surface area contributed by atoms with Crippen LogP contribution in [0.1, 0.15) is 11.1 Å². The van der Waals surface area contributed by atoms with Gasteiger partial charge in [0.1, 0.15) is 12.4 Å². The minimum Gasteiger partial charge on any atom is -0.489 e. The summed E-state index contributed by atoms with van der Waals surface area (Å²) in [5.41, 5.74) is 9.19. The van der Waals surface area contributed by atoms with Gasteiger partial charge in [0, 0.05) is 0 Å². The van der Waals surface area contributed by atoms with Gasteiger partial charge in [0.05, 0.1) is 28.2 Å². The third-order valence-electron chi connectivity index (χ3n) is 5.91. The highest BCUT2D eigenvalue weighted by Gasteiger charge is 2.18. The lowest BCUT2D eigenvalue weighted by molar-refractivity contribution is -0.117. The number of ether oxygens (including phenoxy) is 1. The largest absolute Gasteiger partial charge is 0.489 e. The molecular formula is C30H26ClN3O4. The van der Waals surface area contributed by atoms with E-state index in [1.807, 2.05) is 54.6 Å². The molecule has 0 spiro atoms. The van der Waals surface area contributed by atoms with Crippen molar-refractivity contribution in [1.82, 2.24) is 4.98 Å². The average molecular weight is 528 g/mol. The first-order valence-electron chi connectivity index (χ1n) is 11.9. The number of anilines is 1. The van der Waals surface area contributed by atoms with Crippen molar-refractivity contribution in [2.75, 3.05) is 5.32 Å². The number of halogens is 1. The van der Waals surface area contributed by atoms with Crippen LogP contribution in [-0.2, 0) is 17.8 Å². The van der Waals surface area contributed by atoms with Crippen LogP contribution < -0.4 is 21.4 Å². The van der Waals surface area contributed by atoms with Crippen molar-refractivity contribution in [2.45, 2.75) is 19.1 Å². The second-order valence-electron chi connectivity index (χ2n) is 8.59. The van der Waals surface area contributed by atoms with Crippen LogP contribution in [-0.4, -0.2) is 16.9 Å². The van der Waals surface area contributed by atoms with E-state index in [1.54, 1.807) is 48.5 Å². The predicted octanol–water partition coefficient (Wildman–Crippen LogP) is 5.36. The van der Waals surface area contributed by atoms with Crippen molar-refractivity contribution in [3.63, 3.8) is 0 Å². The smallest absolute Gasteiger partial charge is 0.347 e. The molecule has 192 valence electrons. The maximum atomic E-state index is 12.9. The van der Waals surface area contributed by atoms with E-state index in [1.165, 1.54) is 0 Å². The number of nitrogens with zero attached hydrogens (tertiary/aromatic N) is 1. The van der Waals surface area contributed by atoms with E-state index in [0.717, 1.165) is 16.9 Å². The van der Waals surface area contributed by atoms with Crippen LogP contribution in [0.15, 0.2) is 112 Å². The number of nitrogens with two attached hydrogens (primary N) is 1. The lowest BCUT2D eigenvalue weighted by Gasteiger charge is -2.15. The number of amides is 1. The van der Waals surface area contributed by atoms with Crippen LogP contribution in [0.5, 0.6) is 5.75 Å². The van der Waals surface area contributed by atoms with Gasteiger partial charge in [0.15, 0.2) is 0 Å². The lowest BCUT2D eigenvalue weighted by Crippen LogP contribution is -2.37. The van der Waals surface area contributed by atoms with Crippen molar-refractivity contribution < 1.29 is 13.9 Å². The number of benzene rings is 4. The molecule has 0 fully saturated rings. The van der Waals surface area contributed by atoms with Gasteiger partial charge >= 0.3 is 5.63 Å². The van der Waals surface area contributed by atoms with Crippen molar-refractivity contribution in [3.05, 3.63) is 125 Å². The fourth-order valence-corrected chi connectivity index (χ4v) is 3.95. The van der Waals surface area contributed by atoms with Gasteiger partial charge in [-0.15, -0.1) is 12.4 Å². The van der Waals surface area contributed by atoms with Crippen LogP contribution in [0.4, 0.5) is 5.69 Å². The van der Waals surface area contributed by atoms with Gasteiger partial charge in [0.25, 0.3) is 0 Å². The van der Waals surface area contributed by atoms with Gasteiger partial charge in [-0.3, -0.25) is 4.79 Å². The molecule has 38 heavy (non-hydrogen) atoms. The number of fused-ring (bicyclic) bond motifs is 1. The third kappa shape index (κ3) is 6.26. The molecule has 1 atom stereocenters. The zero-order valence-electron chi connectivity index (χ0n) is 20.4. The summed E-state index contributed by atoms with van der Waals surface area (Å²) in [7, 11) is 0. The van der Waals surface area contributed by atoms with E-state index in [0.29, 0.717) is 35.2 Å². The Hall–Kier alpha value is -4.46. The number of aromatic nitrogens is 1. The molecule has 5 aromatic rings. The number of hydrogen-bond acceptors (Lipinski definition) is 6. The van der Waals surface area contributed by atoms with E-state index in [9.17, 15) is 9.59 Å². The van der Waals surface area contributed by atoms with E-state index in [4.69, 9.17) is 14.9 Å². The molecule has 0 bridgehead atoms. The Morgan fingerprint density at radius 3 is 2.34 bits per heavy atom. The highest BCUT2D eigenvalue weighted by molar-refractivity contribution is 5.98. The molecule has 4 aromatic carbocycles. The Labute approximate surface area is 225 Å². The predicted molar refractivity (Wildman–Crippen MR) is 150 cm³/mol. The molecule has 1 unspecified atom stereocenters. The number of carbonyl (C=O) groups is 1. The molecule has 0 saturated heterocycles. The SMILES string of the molecule is Cl.NC(Cc1ccc(OCc2ccccc2)cc1)C(=O)Nc1ccccc1-c1nc2ccccc2c(=O)o1. The first kappa shape index (κ1) is 26.6. The molecule has 0 aliphatic carbocycles. The lowest BCUT2D eigenvalue weighted by atomic mass is 10.1. The summed E-state index contributed by atoms with van der Waals surface area (Å²) < 4.78 is 11.3. The third-order valence-corrected chi connectivity index (χ3v) is 5.91. The van der Waals surface area contributed by atoms with Crippen molar-refractivity contribution in [2.24, 2.45) is 5.73 Å². The van der Waals surface area contributed by atoms with Gasteiger partial charge in [-0.1, -0.05) is 66.7 Å². The second kappa shape index (κ2) is 12.2. The van der Waals surface area contributed by atoms with Gasteiger partial charge in [-0.05, 0) is 53.9 Å². The number of hydrogen-bond donors (Lipinski definition) is 2. The minimum absolute atomic E-state index is 0. The van der Waals surface area contributed by atoms with E-state index in [2.05, 4.69) is 10.3 Å². The average Bonchev–Trinajstić information content (AvgIpc) is 2.93. The molecule has 0 aliphatic heterocycles. The summed E-state index contributed by atoms with van der Waals surface area (Å²) in [5.74, 6) is 0.503. The Morgan fingerprint density at radius 1 is 0.868 bits per heavy atom. The number of nitrogens with one attached hydrogen (secondary N) is 1. The zero-order valence-corrected chi connectivity index (χ0v) is 21.2. The Kier molecular flexibility index (Phi) is 8.53. The molecule has 5 rings (SSSR count). The first-order valence-corrected chi connectivity index (χ1v) is 11.9. The molecule has 0 saturated carbocycles. The monoisotopic (exact) mass is 527 g/mol. The molecule has 7 nitrogen and oxygen atoms in total. The fraction of sp³-hybridized carbons (Fsp3) is 0.100. The standard InChI is InChI=1S/C30H25N3O4.ClH/c31-25(18-20-14-16-22(17-15-20)36-19-21-8-2-1-3-9-21)28(34)32-26-12-6-4-10-23(26)29-33-27-13-7-5-11-24(27)30(35)37-29;/h1-17,25H,18-19,31H2,(H,32,34);1H. The second-order valence-corrected chi connectivity index (χ2v) is 8.59. The zero-order chi connectivity index (χ0) is 25.6. The molecule has 3 N–H and O–H groups in total. The maximum absolute atomic E-state index is 12.9. The summed E-state index contributed by atoms with van der Waals surface area (Å²) in [6.07, 6.45) is 0.344. The molecule has 1 heterocycles. The molecule has 1 aromatic heterocycles. The van der Waals surface area contributed by atoms with Crippen LogP contribution in [0.25, 0.3) is 22.4 Å². The van der Waals surface area contributed by atoms with E-state index in [-0.39, 0.29) is 24.2 Å². The van der Waals surface area contributed by atoms with Gasteiger partial charge in [0.2, 0.25) is 11.8 Å². The Morgan fingerprint density at radius 2 is 1.55 bits per heavy atom. The number of para-hydroxylation sites is 2. The fourth-order valence-electron chi connectivity index (χ4n) is 3.95. The molecule has 0 radical (unpaired) electrons. The first-order chi connectivity index (χ1) is 18.1. The number of carbonyl (C=O) groups excluding carboxylic acids is 1. The Balaban J connectivity index is 0.00000336. The van der Waals surface area contributed by atoms with Crippen molar-refractivity contribution in [3.8, 4) is 17.2 Å². The Bertz CT molecular complexity index is 1590. The normalized spacial score (nSPS) is 11.4. The quantitative estimate of drug-likeness (QED) is 0.281. The van der Waals surface area contributed by atoms with Crippen LogP contribution in [0, 0.1) is 0 Å². The van der Waals surface area contributed by atoms with Gasteiger partial charge in [-0.25, -0.2) is 9.78 Å². The van der Waals surface area contributed by atoms with Crippen LogP contribution in [0.2, 0.25) is 0 Å². The molecular weight excluding hydrogens is 502 g/mol. The summed E-state index contributed by atoms with van der Waals surface area (Å²) in [6, 6.07) is 30.6. The van der Waals surface area contributed by atoms with Crippen molar-refractivity contribution in [1.29, 1.82) is 0 Å².